The molecule has 8 heteroatoms. The molecule has 4 N–H and O–H groups in total. The predicted octanol–water partition coefficient (Wildman–Crippen LogP) is -0.679. The molecule has 8 nitrogen and oxygen atoms in total. The lowest BCUT2D eigenvalue weighted by atomic mass is 10.2. The van der Waals surface area contributed by atoms with Gasteiger partial charge in [0.05, 0.1) is 25.9 Å². The molecule has 0 radical (unpaired) electrons. The van der Waals surface area contributed by atoms with Gasteiger partial charge in [-0.25, -0.2) is 0 Å². The van der Waals surface area contributed by atoms with Gasteiger partial charge in [0, 0.05) is 18.3 Å². The van der Waals surface area contributed by atoms with Crippen LogP contribution in [0.5, 0.6) is 0 Å². The number of ether oxygens (including phenoxy) is 2. The molecule has 108 valence electrons. The van der Waals surface area contributed by atoms with Crippen molar-refractivity contribution in [2.75, 3.05) is 26.4 Å². The van der Waals surface area contributed by atoms with Gasteiger partial charge in [-0.1, -0.05) is 5.16 Å². The second kappa shape index (κ2) is 6.83. The van der Waals surface area contributed by atoms with Gasteiger partial charge in [-0.2, -0.15) is 0 Å². The largest absolute Gasteiger partial charge is 0.409 e. The summed E-state index contributed by atoms with van der Waals surface area (Å²) in [5.74, 6) is -0.373. The summed E-state index contributed by atoms with van der Waals surface area (Å²) in [5.41, 5.74) is 6.09. The number of oxime groups is 1. The molecule has 1 aliphatic heterocycles. The Morgan fingerprint density at radius 2 is 2.40 bits per heavy atom. The third kappa shape index (κ3) is 3.65. The second-order valence-corrected chi connectivity index (χ2v) is 4.20. The number of carbonyl (C=O) groups is 1. The predicted molar refractivity (Wildman–Crippen MR) is 69.6 cm³/mol. The first-order valence-electron chi connectivity index (χ1n) is 6.12. The van der Waals surface area contributed by atoms with Gasteiger partial charge < -0.3 is 25.7 Å². The molecule has 2 heterocycles. The van der Waals surface area contributed by atoms with Gasteiger partial charge in [0.15, 0.2) is 5.84 Å². The number of nitrogens with two attached hydrogens (primary N) is 1. The normalized spacial score (nSPS) is 19.6. The topological polar surface area (TPSA) is 119 Å². The van der Waals surface area contributed by atoms with E-state index in [4.69, 9.17) is 20.4 Å². The number of nitrogens with zero attached hydrogens (tertiary/aromatic N) is 2. The highest BCUT2D eigenvalue weighted by Gasteiger charge is 2.16. The molecule has 1 aliphatic rings. The number of nitrogens with one attached hydrogen (secondary N) is 1. The minimum atomic E-state index is -0.315. The number of amidine groups is 1. The number of rotatable bonds is 4. The molecule has 20 heavy (non-hydrogen) atoms. The summed E-state index contributed by atoms with van der Waals surface area (Å²) in [5, 5.41) is 14.1. The fourth-order valence-electron chi connectivity index (χ4n) is 1.69. The zero-order valence-corrected chi connectivity index (χ0v) is 10.8. The molecule has 0 spiro atoms. The molecule has 0 saturated carbocycles. The molecule has 1 fully saturated rings. The minimum absolute atomic E-state index is 0.0581. The van der Waals surface area contributed by atoms with E-state index in [0.29, 0.717) is 31.9 Å². The van der Waals surface area contributed by atoms with Gasteiger partial charge in [0.1, 0.15) is 5.69 Å². The molecule has 1 amide bonds. The van der Waals surface area contributed by atoms with Crippen LogP contribution in [0, 0.1) is 0 Å². The van der Waals surface area contributed by atoms with Crippen molar-refractivity contribution in [3.05, 3.63) is 29.6 Å². The van der Waals surface area contributed by atoms with Crippen molar-refractivity contribution in [3.8, 4) is 0 Å². The van der Waals surface area contributed by atoms with E-state index in [1.807, 2.05) is 0 Å². The average Bonchev–Trinajstić information content (AvgIpc) is 2.53. The number of hydrogen-bond acceptors (Lipinski definition) is 6. The third-order valence-corrected chi connectivity index (χ3v) is 2.77. The Bertz CT molecular complexity index is 483. The van der Waals surface area contributed by atoms with Crippen molar-refractivity contribution in [2.45, 2.75) is 6.10 Å². The van der Waals surface area contributed by atoms with Crippen LogP contribution in [0.25, 0.3) is 0 Å². The minimum Gasteiger partial charge on any atom is -0.409 e. The number of carbonyl (C=O) groups excluding carboxylic acids is 1. The van der Waals surface area contributed by atoms with Crippen molar-refractivity contribution in [3.63, 3.8) is 0 Å². The molecule has 0 aliphatic carbocycles. The monoisotopic (exact) mass is 280 g/mol. The summed E-state index contributed by atoms with van der Waals surface area (Å²) in [6.45, 7) is 1.95. The first kappa shape index (κ1) is 14.2. The van der Waals surface area contributed by atoms with Crippen LogP contribution in [0.15, 0.2) is 23.5 Å². The van der Waals surface area contributed by atoms with Gasteiger partial charge >= 0.3 is 0 Å². The van der Waals surface area contributed by atoms with Crippen molar-refractivity contribution < 1.29 is 19.5 Å². The summed E-state index contributed by atoms with van der Waals surface area (Å²) in [6, 6.07) is 3.05. The molecule has 1 atom stereocenters. The Morgan fingerprint density at radius 3 is 3.00 bits per heavy atom. The lowest BCUT2D eigenvalue weighted by Gasteiger charge is -2.22. The highest BCUT2D eigenvalue weighted by atomic mass is 16.6. The van der Waals surface area contributed by atoms with Crippen molar-refractivity contribution >= 4 is 11.7 Å². The maximum Gasteiger partial charge on any atom is 0.269 e. The van der Waals surface area contributed by atoms with Crippen molar-refractivity contribution in [1.29, 1.82) is 0 Å². The number of hydrogen-bond donors (Lipinski definition) is 3. The Labute approximate surface area is 115 Å². The van der Waals surface area contributed by atoms with Gasteiger partial charge in [0.2, 0.25) is 0 Å². The SMILES string of the molecule is NC(=NO)c1ccc(C(=O)NCC2COCCO2)nc1. The summed E-state index contributed by atoms with van der Waals surface area (Å²) in [6.07, 6.45) is 1.23. The smallest absolute Gasteiger partial charge is 0.269 e. The van der Waals surface area contributed by atoms with E-state index in [1.165, 1.54) is 12.3 Å². The first-order chi connectivity index (χ1) is 9.70. The van der Waals surface area contributed by atoms with Crippen molar-refractivity contribution in [2.24, 2.45) is 10.9 Å². The van der Waals surface area contributed by atoms with E-state index in [9.17, 15) is 4.79 Å². The summed E-state index contributed by atoms with van der Waals surface area (Å²) < 4.78 is 10.6. The standard InChI is InChI=1S/C12H16N4O4/c13-11(16-18)8-1-2-10(14-5-8)12(17)15-6-9-7-19-3-4-20-9/h1-2,5,9,18H,3-4,6-7H2,(H2,13,16)(H,15,17). The first-order valence-corrected chi connectivity index (χ1v) is 6.12. The summed E-state index contributed by atoms with van der Waals surface area (Å²) in [7, 11) is 0. The van der Waals surface area contributed by atoms with Crippen molar-refractivity contribution in [1.82, 2.24) is 10.3 Å². The van der Waals surface area contributed by atoms with Gasteiger partial charge in [-0.05, 0) is 12.1 Å². The highest BCUT2D eigenvalue weighted by Crippen LogP contribution is 2.02. The molecular weight excluding hydrogens is 264 g/mol. The summed E-state index contributed by atoms with van der Waals surface area (Å²) in [4.78, 5) is 15.8. The third-order valence-electron chi connectivity index (χ3n) is 2.77. The van der Waals surface area contributed by atoms with Crippen LogP contribution in [-0.4, -0.2) is 54.4 Å². The molecule has 1 aromatic rings. The highest BCUT2D eigenvalue weighted by molar-refractivity contribution is 5.98. The van der Waals surface area contributed by atoms with E-state index >= 15 is 0 Å². The lowest BCUT2D eigenvalue weighted by Crippen LogP contribution is -2.39. The molecule has 1 unspecified atom stereocenters. The van der Waals surface area contributed by atoms with Crippen LogP contribution < -0.4 is 11.1 Å². The maximum atomic E-state index is 11.9. The number of aromatic nitrogens is 1. The Morgan fingerprint density at radius 1 is 1.55 bits per heavy atom. The van der Waals surface area contributed by atoms with E-state index in [-0.39, 0.29) is 23.5 Å². The van der Waals surface area contributed by atoms with E-state index < -0.39 is 0 Å². The lowest BCUT2D eigenvalue weighted by molar-refractivity contribution is -0.0855. The fraction of sp³-hybridized carbons (Fsp3) is 0.417. The molecule has 0 bridgehead atoms. The molecular formula is C12H16N4O4. The van der Waals surface area contributed by atoms with Crippen LogP contribution in [-0.2, 0) is 9.47 Å². The summed E-state index contributed by atoms with van der Waals surface area (Å²) >= 11 is 0. The Hall–Kier alpha value is -2.19. The number of pyridine rings is 1. The molecule has 0 aromatic carbocycles. The number of amides is 1. The van der Waals surface area contributed by atoms with E-state index in [2.05, 4.69) is 15.5 Å². The maximum absolute atomic E-state index is 11.9. The van der Waals surface area contributed by atoms with Crippen LogP contribution in [0.2, 0.25) is 0 Å². The van der Waals surface area contributed by atoms with Gasteiger partial charge in [-0.15, -0.1) is 0 Å². The van der Waals surface area contributed by atoms with Gasteiger partial charge in [0.25, 0.3) is 5.91 Å². The van der Waals surface area contributed by atoms with E-state index in [0.717, 1.165) is 0 Å². The zero-order valence-electron chi connectivity index (χ0n) is 10.8. The van der Waals surface area contributed by atoms with Crippen LogP contribution in [0.3, 0.4) is 0 Å². The van der Waals surface area contributed by atoms with Crippen LogP contribution in [0.1, 0.15) is 16.1 Å². The molecule has 1 aromatic heterocycles. The Kier molecular flexibility index (Phi) is 4.85. The second-order valence-electron chi connectivity index (χ2n) is 4.20. The van der Waals surface area contributed by atoms with Crippen LogP contribution >= 0.6 is 0 Å². The zero-order chi connectivity index (χ0) is 14.4. The molecule has 2 rings (SSSR count). The Balaban J connectivity index is 1.88. The quantitative estimate of drug-likeness (QED) is 0.291. The molecule has 1 saturated heterocycles. The fourth-order valence-corrected chi connectivity index (χ4v) is 1.69. The average molecular weight is 280 g/mol. The van der Waals surface area contributed by atoms with Crippen LogP contribution in [0.4, 0.5) is 0 Å². The van der Waals surface area contributed by atoms with Gasteiger partial charge in [-0.3, -0.25) is 9.78 Å². The van der Waals surface area contributed by atoms with E-state index in [1.54, 1.807) is 6.07 Å².